The molecule has 1 heterocycles. The first-order valence-electron chi connectivity index (χ1n) is 4.52. The molecule has 0 unspecified atom stereocenters. The van der Waals surface area contributed by atoms with Crippen LogP contribution >= 0.6 is 12.4 Å². The largest absolute Gasteiger partial charge is 0.486 e. The fraction of sp³-hybridized carbons (Fsp3) is 0.400. The van der Waals surface area contributed by atoms with Crippen LogP contribution in [0.15, 0.2) is 18.2 Å². The number of fused-ring (bicyclic) bond motifs is 1. The summed E-state index contributed by atoms with van der Waals surface area (Å²) >= 11 is 0. The summed E-state index contributed by atoms with van der Waals surface area (Å²) < 4.78 is 23.0. The molecule has 1 aromatic rings. The highest BCUT2D eigenvalue weighted by Crippen LogP contribution is 2.32. The molecule has 0 amide bonds. The van der Waals surface area contributed by atoms with Crippen molar-refractivity contribution in [3.8, 4) is 11.5 Å². The Balaban J connectivity index is 0.00000112. The number of nitrogens with two attached hydrogens (primary N) is 1. The van der Waals surface area contributed by atoms with Gasteiger partial charge in [0.25, 0.3) is 0 Å². The molecule has 0 aromatic heterocycles. The van der Waals surface area contributed by atoms with E-state index in [0.717, 1.165) is 5.56 Å². The van der Waals surface area contributed by atoms with E-state index in [9.17, 15) is 4.39 Å². The Hall–Kier alpha value is -1.00. The van der Waals surface area contributed by atoms with E-state index in [-0.39, 0.29) is 12.4 Å². The summed E-state index contributed by atoms with van der Waals surface area (Å²) in [5.74, 6) is 1.35. The van der Waals surface area contributed by atoms with Crippen molar-refractivity contribution in [3.63, 3.8) is 0 Å². The number of benzene rings is 1. The zero-order valence-corrected chi connectivity index (χ0v) is 8.93. The first-order valence-corrected chi connectivity index (χ1v) is 4.52. The van der Waals surface area contributed by atoms with Gasteiger partial charge in [0, 0.05) is 0 Å². The molecule has 0 saturated carbocycles. The van der Waals surface area contributed by atoms with Crippen LogP contribution in [0.2, 0.25) is 0 Å². The van der Waals surface area contributed by atoms with Crippen molar-refractivity contribution in [2.24, 2.45) is 5.73 Å². The standard InChI is InChI=1S/C10H12FNO2.ClH/c11-6-8(12)7-1-2-9-10(5-7)14-4-3-13-9;/h1-2,5,8H,3-4,6,12H2;1H/t8-;/m1./s1. The Kier molecular flexibility index (Phi) is 4.17. The predicted molar refractivity (Wildman–Crippen MR) is 57.6 cm³/mol. The third kappa shape index (κ3) is 2.52. The van der Waals surface area contributed by atoms with E-state index in [4.69, 9.17) is 15.2 Å². The molecule has 1 atom stereocenters. The summed E-state index contributed by atoms with van der Waals surface area (Å²) in [6.45, 7) is 0.516. The lowest BCUT2D eigenvalue weighted by molar-refractivity contribution is 0.171. The van der Waals surface area contributed by atoms with Crippen molar-refractivity contribution in [1.29, 1.82) is 0 Å². The minimum Gasteiger partial charge on any atom is -0.486 e. The van der Waals surface area contributed by atoms with Gasteiger partial charge >= 0.3 is 0 Å². The predicted octanol–water partition coefficient (Wildman–Crippen LogP) is 1.85. The fourth-order valence-electron chi connectivity index (χ4n) is 1.38. The normalized spacial score (nSPS) is 15.3. The Morgan fingerprint density at radius 2 is 1.93 bits per heavy atom. The van der Waals surface area contributed by atoms with Crippen molar-refractivity contribution < 1.29 is 13.9 Å². The SMILES string of the molecule is Cl.N[C@H](CF)c1ccc2c(c1)OCCO2. The first-order chi connectivity index (χ1) is 6.81. The molecule has 3 nitrogen and oxygen atoms in total. The van der Waals surface area contributed by atoms with Gasteiger partial charge in [-0.15, -0.1) is 12.4 Å². The van der Waals surface area contributed by atoms with Crippen LogP contribution in [-0.4, -0.2) is 19.9 Å². The van der Waals surface area contributed by atoms with Crippen LogP contribution in [0.25, 0.3) is 0 Å². The molecule has 2 N–H and O–H groups in total. The van der Waals surface area contributed by atoms with E-state index in [1.165, 1.54) is 0 Å². The highest BCUT2D eigenvalue weighted by atomic mass is 35.5. The van der Waals surface area contributed by atoms with Crippen molar-refractivity contribution in [1.82, 2.24) is 0 Å². The second kappa shape index (κ2) is 5.19. The molecule has 1 aromatic carbocycles. The van der Waals surface area contributed by atoms with Crippen LogP contribution in [-0.2, 0) is 0 Å². The first kappa shape index (κ1) is 12.1. The quantitative estimate of drug-likeness (QED) is 0.848. The summed E-state index contributed by atoms with van der Waals surface area (Å²) in [5.41, 5.74) is 6.29. The van der Waals surface area contributed by atoms with E-state index >= 15 is 0 Å². The monoisotopic (exact) mass is 233 g/mol. The van der Waals surface area contributed by atoms with Gasteiger partial charge in [0.15, 0.2) is 11.5 Å². The average molecular weight is 234 g/mol. The second-order valence-electron chi connectivity index (χ2n) is 3.16. The molecule has 5 heteroatoms. The zero-order valence-electron chi connectivity index (χ0n) is 8.11. The third-order valence-corrected chi connectivity index (χ3v) is 2.16. The Morgan fingerprint density at radius 3 is 2.60 bits per heavy atom. The third-order valence-electron chi connectivity index (χ3n) is 2.16. The van der Waals surface area contributed by atoms with Gasteiger partial charge in [-0.3, -0.25) is 0 Å². The van der Waals surface area contributed by atoms with Gasteiger partial charge in [-0.05, 0) is 17.7 Å². The van der Waals surface area contributed by atoms with Crippen molar-refractivity contribution >= 4 is 12.4 Å². The van der Waals surface area contributed by atoms with E-state index in [1.54, 1.807) is 18.2 Å². The van der Waals surface area contributed by atoms with Gasteiger partial charge in [0.1, 0.15) is 19.9 Å². The number of alkyl halides is 1. The molecular weight excluding hydrogens is 221 g/mol. The summed E-state index contributed by atoms with van der Waals surface area (Å²) in [5, 5.41) is 0. The van der Waals surface area contributed by atoms with Gasteiger partial charge in [0.2, 0.25) is 0 Å². The van der Waals surface area contributed by atoms with Crippen LogP contribution in [0.5, 0.6) is 11.5 Å². The van der Waals surface area contributed by atoms with Crippen molar-refractivity contribution in [3.05, 3.63) is 23.8 Å². The smallest absolute Gasteiger partial charge is 0.161 e. The second-order valence-corrected chi connectivity index (χ2v) is 3.16. The molecular formula is C10H13ClFNO2. The number of hydrogen-bond acceptors (Lipinski definition) is 3. The molecule has 84 valence electrons. The van der Waals surface area contributed by atoms with Gasteiger partial charge < -0.3 is 15.2 Å². The topological polar surface area (TPSA) is 44.5 Å². The van der Waals surface area contributed by atoms with Crippen LogP contribution in [0.4, 0.5) is 4.39 Å². The minimum absolute atomic E-state index is 0. The lowest BCUT2D eigenvalue weighted by Crippen LogP contribution is -2.17. The van der Waals surface area contributed by atoms with Crippen LogP contribution in [0.1, 0.15) is 11.6 Å². The number of halogens is 2. The summed E-state index contributed by atoms with van der Waals surface area (Å²) in [4.78, 5) is 0. The molecule has 0 saturated heterocycles. The molecule has 0 bridgehead atoms. The van der Waals surface area contributed by atoms with Gasteiger partial charge in [-0.1, -0.05) is 6.07 Å². The fourth-order valence-corrected chi connectivity index (χ4v) is 1.38. The molecule has 0 aliphatic carbocycles. The summed E-state index contributed by atoms with van der Waals surface area (Å²) in [7, 11) is 0. The molecule has 0 spiro atoms. The van der Waals surface area contributed by atoms with Crippen molar-refractivity contribution in [2.45, 2.75) is 6.04 Å². The summed E-state index contributed by atoms with van der Waals surface area (Å²) in [6, 6.07) is 4.68. The van der Waals surface area contributed by atoms with Crippen LogP contribution in [0.3, 0.4) is 0 Å². The Labute approximate surface area is 93.8 Å². The number of hydrogen-bond donors (Lipinski definition) is 1. The number of rotatable bonds is 2. The average Bonchev–Trinajstić information content (AvgIpc) is 2.27. The maximum Gasteiger partial charge on any atom is 0.161 e. The van der Waals surface area contributed by atoms with E-state index < -0.39 is 12.7 Å². The maximum atomic E-state index is 12.3. The lowest BCUT2D eigenvalue weighted by Gasteiger charge is -2.19. The molecule has 1 aliphatic rings. The van der Waals surface area contributed by atoms with Gasteiger partial charge in [0.05, 0.1) is 6.04 Å². The Morgan fingerprint density at radius 1 is 1.27 bits per heavy atom. The highest BCUT2D eigenvalue weighted by Gasteiger charge is 2.14. The maximum absolute atomic E-state index is 12.3. The molecule has 1 aliphatic heterocycles. The molecule has 15 heavy (non-hydrogen) atoms. The van der Waals surface area contributed by atoms with Crippen LogP contribution < -0.4 is 15.2 Å². The Bertz CT molecular complexity index is 335. The summed E-state index contributed by atoms with van der Waals surface area (Å²) in [6.07, 6.45) is 0. The van der Waals surface area contributed by atoms with Gasteiger partial charge in [-0.25, -0.2) is 4.39 Å². The van der Waals surface area contributed by atoms with E-state index in [1.807, 2.05) is 0 Å². The highest BCUT2D eigenvalue weighted by molar-refractivity contribution is 5.85. The van der Waals surface area contributed by atoms with Gasteiger partial charge in [-0.2, -0.15) is 0 Å². The lowest BCUT2D eigenvalue weighted by atomic mass is 10.1. The molecule has 0 fully saturated rings. The zero-order chi connectivity index (χ0) is 9.97. The number of ether oxygens (including phenoxy) is 2. The molecule has 0 radical (unpaired) electrons. The minimum atomic E-state index is -0.578. The van der Waals surface area contributed by atoms with Crippen LogP contribution in [0, 0.1) is 0 Å². The molecule has 2 rings (SSSR count). The van der Waals surface area contributed by atoms with E-state index in [0.29, 0.717) is 24.7 Å². The van der Waals surface area contributed by atoms with E-state index in [2.05, 4.69) is 0 Å². The van der Waals surface area contributed by atoms with Crippen molar-refractivity contribution in [2.75, 3.05) is 19.9 Å².